The molecule has 6 nitrogen and oxygen atoms in total. The highest BCUT2D eigenvalue weighted by Gasteiger charge is 2.11. The number of nitrogens with two attached hydrogens (primary N) is 1. The minimum Gasteiger partial charge on any atom is -0.347 e. The zero-order valence-electron chi connectivity index (χ0n) is 12.2. The molecule has 0 aliphatic rings. The van der Waals surface area contributed by atoms with Crippen LogP contribution >= 0.6 is 12.4 Å². The number of rotatable bonds is 5. The van der Waals surface area contributed by atoms with Crippen molar-refractivity contribution in [2.75, 3.05) is 6.54 Å². The maximum absolute atomic E-state index is 12.0. The van der Waals surface area contributed by atoms with E-state index in [9.17, 15) is 9.59 Å². The standard InChI is InChI=1S/C15H18N4O2.ClH/c1-11(9-16)17-15(21)13-7-8-14(20)19(18-13)10-12-5-3-2-4-6-12;/h2-8,11H,9-10,16H2,1H3,(H,17,21);1H/t11-;/m0./s1. The molecule has 1 aromatic heterocycles. The summed E-state index contributed by atoms with van der Waals surface area (Å²) >= 11 is 0. The largest absolute Gasteiger partial charge is 0.347 e. The first-order valence-corrected chi connectivity index (χ1v) is 6.73. The van der Waals surface area contributed by atoms with Crippen molar-refractivity contribution < 1.29 is 4.79 Å². The minimum atomic E-state index is -0.338. The van der Waals surface area contributed by atoms with Gasteiger partial charge in [-0.05, 0) is 18.6 Å². The topological polar surface area (TPSA) is 90.0 Å². The van der Waals surface area contributed by atoms with E-state index in [1.165, 1.54) is 16.8 Å². The lowest BCUT2D eigenvalue weighted by atomic mass is 10.2. The Morgan fingerprint density at radius 1 is 1.27 bits per heavy atom. The highest BCUT2D eigenvalue weighted by atomic mass is 35.5. The van der Waals surface area contributed by atoms with Crippen LogP contribution in [0.5, 0.6) is 0 Å². The van der Waals surface area contributed by atoms with E-state index in [2.05, 4.69) is 10.4 Å². The van der Waals surface area contributed by atoms with Crippen LogP contribution in [0.2, 0.25) is 0 Å². The summed E-state index contributed by atoms with van der Waals surface area (Å²) in [4.78, 5) is 23.8. The Morgan fingerprint density at radius 2 is 1.95 bits per heavy atom. The van der Waals surface area contributed by atoms with E-state index in [4.69, 9.17) is 5.73 Å². The first kappa shape index (κ1) is 17.9. The van der Waals surface area contributed by atoms with Gasteiger partial charge in [0.25, 0.3) is 11.5 Å². The first-order chi connectivity index (χ1) is 10.1. The molecule has 7 heteroatoms. The lowest BCUT2D eigenvalue weighted by molar-refractivity contribution is 0.0933. The zero-order chi connectivity index (χ0) is 15.2. The summed E-state index contributed by atoms with van der Waals surface area (Å²) in [7, 11) is 0. The highest BCUT2D eigenvalue weighted by molar-refractivity contribution is 5.92. The fraction of sp³-hybridized carbons (Fsp3) is 0.267. The average molecular weight is 323 g/mol. The Labute approximate surface area is 134 Å². The van der Waals surface area contributed by atoms with Gasteiger partial charge in [-0.3, -0.25) is 9.59 Å². The lowest BCUT2D eigenvalue weighted by Crippen LogP contribution is -2.39. The normalized spacial score (nSPS) is 11.4. The third-order valence-electron chi connectivity index (χ3n) is 3.01. The van der Waals surface area contributed by atoms with Gasteiger partial charge in [0.15, 0.2) is 0 Å². The molecule has 0 unspecified atom stereocenters. The number of nitrogens with zero attached hydrogens (tertiary/aromatic N) is 2. The number of hydrogen-bond donors (Lipinski definition) is 2. The Morgan fingerprint density at radius 3 is 2.59 bits per heavy atom. The molecule has 0 fully saturated rings. The van der Waals surface area contributed by atoms with Crippen molar-refractivity contribution in [1.29, 1.82) is 0 Å². The molecule has 0 aliphatic carbocycles. The second kappa shape index (κ2) is 8.31. The summed E-state index contributed by atoms with van der Waals surface area (Å²) in [6.07, 6.45) is 0. The summed E-state index contributed by atoms with van der Waals surface area (Å²) < 4.78 is 1.28. The van der Waals surface area contributed by atoms with Crippen molar-refractivity contribution in [1.82, 2.24) is 15.1 Å². The van der Waals surface area contributed by atoms with Crippen LogP contribution in [0.3, 0.4) is 0 Å². The number of aromatic nitrogens is 2. The summed E-state index contributed by atoms with van der Waals surface area (Å²) in [5.41, 5.74) is 6.36. The summed E-state index contributed by atoms with van der Waals surface area (Å²) in [6.45, 7) is 2.47. The number of nitrogens with one attached hydrogen (secondary N) is 1. The van der Waals surface area contributed by atoms with Crippen LogP contribution in [0.1, 0.15) is 23.0 Å². The third kappa shape index (κ3) is 4.68. The van der Waals surface area contributed by atoms with Gasteiger partial charge in [-0.15, -0.1) is 12.4 Å². The van der Waals surface area contributed by atoms with Crippen molar-refractivity contribution in [3.8, 4) is 0 Å². The quantitative estimate of drug-likeness (QED) is 0.851. The van der Waals surface area contributed by atoms with Gasteiger partial charge in [0.1, 0.15) is 5.69 Å². The smallest absolute Gasteiger partial charge is 0.271 e. The first-order valence-electron chi connectivity index (χ1n) is 6.73. The molecule has 22 heavy (non-hydrogen) atoms. The Kier molecular flexibility index (Phi) is 6.75. The molecule has 2 aromatic rings. The fourth-order valence-corrected chi connectivity index (χ4v) is 1.80. The van der Waals surface area contributed by atoms with E-state index >= 15 is 0 Å². The van der Waals surface area contributed by atoms with Crippen LogP contribution in [-0.2, 0) is 6.54 Å². The number of hydrogen-bond acceptors (Lipinski definition) is 4. The van der Waals surface area contributed by atoms with Crippen molar-refractivity contribution in [3.05, 3.63) is 64.1 Å². The molecule has 1 heterocycles. The van der Waals surface area contributed by atoms with Crippen molar-refractivity contribution in [3.63, 3.8) is 0 Å². The second-order valence-corrected chi connectivity index (χ2v) is 4.81. The van der Waals surface area contributed by atoms with Crippen LogP contribution < -0.4 is 16.6 Å². The van der Waals surface area contributed by atoms with E-state index in [0.29, 0.717) is 13.1 Å². The summed E-state index contributed by atoms with van der Waals surface area (Å²) in [6, 6.07) is 12.1. The molecule has 0 saturated carbocycles. The van der Waals surface area contributed by atoms with Crippen LogP contribution in [-0.4, -0.2) is 28.3 Å². The molecular weight excluding hydrogens is 304 g/mol. The van der Waals surface area contributed by atoms with E-state index in [1.807, 2.05) is 30.3 Å². The van der Waals surface area contributed by atoms with Crippen molar-refractivity contribution in [2.45, 2.75) is 19.5 Å². The SMILES string of the molecule is C[C@@H](CN)NC(=O)c1ccc(=O)n(Cc2ccccc2)n1.Cl. The Balaban J connectivity index is 0.00000242. The summed E-state index contributed by atoms with van der Waals surface area (Å²) in [5, 5.41) is 6.82. The van der Waals surface area contributed by atoms with Crippen LogP contribution in [0.15, 0.2) is 47.3 Å². The van der Waals surface area contributed by atoms with Gasteiger partial charge >= 0.3 is 0 Å². The van der Waals surface area contributed by atoms with Gasteiger partial charge in [-0.25, -0.2) is 4.68 Å². The molecule has 1 atom stereocenters. The van der Waals surface area contributed by atoms with Gasteiger partial charge in [-0.1, -0.05) is 30.3 Å². The Bertz CT molecular complexity index is 673. The number of carbonyl (C=O) groups is 1. The molecule has 0 bridgehead atoms. The second-order valence-electron chi connectivity index (χ2n) is 4.81. The summed E-state index contributed by atoms with van der Waals surface area (Å²) in [5.74, 6) is -0.338. The number of amides is 1. The van der Waals surface area contributed by atoms with Crippen molar-refractivity contribution >= 4 is 18.3 Å². The molecular formula is C15H19ClN4O2. The molecule has 0 spiro atoms. The highest BCUT2D eigenvalue weighted by Crippen LogP contribution is 2.00. The maximum atomic E-state index is 12.0. The van der Waals surface area contributed by atoms with Crippen LogP contribution in [0.4, 0.5) is 0 Å². The number of benzene rings is 1. The number of carbonyl (C=O) groups excluding carboxylic acids is 1. The number of halogens is 1. The zero-order valence-corrected chi connectivity index (χ0v) is 13.0. The molecule has 0 saturated heterocycles. The minimum absolute atomic E-state index is 0. The molecule has 118 valence electrons. The van der Waals surface area contributed by atoms with Gasteiger partial charge in [0.2, 0.25) is 0 Å². The molecule has 0 aliphatic heterocycles. The van der Waals surface area contributed by atoms with Crippen LogP contribution in [0.25, 0.3) is 0 Å². The van der Waals surface area contributed by atoms with Gasteiger partial charge in [0.05, 0.1) is 6.54 Å². The molecule has 2 rings (SSSR count). The van der Waals surface area contributed by atoms with Gasteiger partial charge in [-0.2, -0.15) is 5.10 Å². The molecule has 0 radical (unpaired) electrons. The van der Waals surface area contributed by atoms with Gasteiger partial charge < -0.3 is 11.1 Å². The van der Waals surface area contributed by atoms with Crippen molar-refractivity contribution in [2.24, 2.45) is 5.73 Å². The third-order valence-corrected chi connectivity index (χ3v) is 3.01. The van der Waals surface area contributed by atoms with E-state index in [1.54, 1.807) is 6.92 Å². The van der Waals surface area contributed by atoms with E-state index in [-0.39, 0.29) is 35.6 Å². The fourth-order valence-electron chi connectivity index (χ4n) is 1.80. The van der Waals surface area contributed by atoms with E-state index < -0.39 is 0 Å². The Hall–Kier alpha value is -2.18. The lowest BCUT2D eigenvalue weighted by Gasteiger charge is -2.11. The molecule has 1 aromatic carbocycles. The molecule has 3 N–H and O–H groups in total. The van der Waals surface area contributed by atoms with E-state index in [0.717, 1.165) is 5.56 Å². The predicted molar refractivity (Wildman–Crippen MR) is 87.3 cm³/mol. The monoisotopic (exact) mass is 322 g/mol. The average Bonchev–Trinajstić information content (AvgIpc) is 2.50. The van der Waals surface area contributed by atoms with Gasteiger partial charge in [0, 0.05) is 18.7 Å². The van der Waals surface area contributed by atoms with Crippen LogP contribution in [0, 0.1) is 0 Å². The molecule has 1 amide bonds. The maximum Gasteiger partial charge on any atom is 0.271 e. The predicted octanol–water partition coefficient (Wildman–Crippen LogP) is 0.790.